The number of halogens is 3. The fourth-order valence-electron chi connectivity index (χ4n) is 3.50. The molecule has 3 rings (SSSR count). The number of Topliss-reactive ketones (excluding diaryl/α,β-unsaturated/α-hetero) is 1. The van der Waals surface area contributed by atoms with Gasteiger partial charge in [0.1, 0.15) is 24.2 Å². The smallest absolute Gasteiger partial charge is 0.410 e. The van der Waals surface area contributed by atoms with Gasteiger partial charge in [-0.15, -0.1) is 0 Å². The number of benzene rings is 1. The molecular weight excluding hydrogens is 541 g/mol. The zero-order valence-corrected chi connectivity index (χ0v) is 21.8. The number of ether oxygens (including phenoxy) is 1. The second-order valence-corrected chi connectivity index (χ2v) is 11.2. The number of ketones is 1. The maximum Gasteiger partial charge on any atom is 0.410 e. The number of nitrogens with one attached hydrogen (secondary N) is 3. The molecule has 0 radical (unpaired) electrons. The number of aromatic nitrogens is 1. The van der Waals surface area contributed by atoms with E-state index < -0.39 is 69.5 Å². The highest BCUT2D eigenvalue weighted by Crippen LogP contribution is 2.22. The Kier molecular flexibility index (Phi) is 10.0. The third kappa shape index (κ3) is 9.94. The van der Waals surface area contributed by atoms with Gasteiger partial charge in [-0.05, 0) is 55.2 Å². The number of amides is 2. The van der Waals surface area contributed by atoms with Gasteiger partial charge < -0.3 is 15.4 Å². The number of hydrogen-bond donors (Lipinski definition) is 3. The van der Waals surface area contributed by atoms with Gasteiger partial charge >= 0.3 is 6.11 Å². The van der Waals surface area contributed by atoms with Crippen molar-refractivity contribution in [3.8, 4) is 5.75 Å². The fraction of sp³-hybridized carbons (Fsp3) is 0.440. The van der Waals surface area contributed by atoms with Gasteiger partial charge in [0.05, 0.1) is 17.5 Å². The summed E-state index contributed by atoms with van der Waals surface area (Å²) in [5.41, 5.74) is 0.319. The van der Waals surface area contributed by atoms with E-state index in [9.17, 15) is 36.0 Å². The summed E-state index contributed by atoms with van der Waals surface area (Å²) < 4.78 is 72.4. The SMILES string of the molecule is CC[C@H](NC(=O)[C@H](CS(=O)(=O)Cc1cccnc1)NCC(F)(F)Oc1ccc(F)cc1)C(=O)C(=O)NC1CC1. The molecule has 1 aliphatic carbocycles. The number of nitrogens with zero attached hydrogens (tertiary/aromatic N) is 1. The Labute approximate surface area is 223 Å². The van der Waals surface area contributed by atoms with E-state index in [1.807, 2.05) is 0 Å². The van der Waals surface area contributed by atoms with Crippen LogP contribution in [-0.4, -0.2) is 67.5 Å². The Bertz CT molecular complexity index is 1260. The zero-order chi connectivity index (χ0) is 28.6. The van der Waals surface area contributed by atoms with E-state index in [-0.39, 0.29) is 18.2 Å². The molecule has 2 amide bonds. The molecule has 0 bridgehead atoms. The maximum atomic E-state index is 14.5. The van der Waals surface area contributed by atoms with Gasteiger partial charge in [0, 0.05) is 18.4 Å². The number of rotatable bonds is 15. The highest BCUT2D eigenvalue weighted by atomic mass is 32.2. The fourth-order valence-corrected chi connectivity index (χ4v) is 5.07. The van der Waals surface area contributed by atoms with E-state index in [0.29, 0.717) is 5.56 Å². The van der Waals surface area contributed by atoms with Crippen LogP contribution in [0.3, 0.4) is 0 Å². The van der Waals surface area contributed by atoms with Gasteiger partial charge in [-0.3, -0.25) is 24.7 Å². The van der Waals surface area contributed by atoms with Crippen LogP contribution in [-0.2, 0) is 30.0 Å². The standard InChI is InChI=1S/C25H29F3N4O6S/c1-2-20(22(33)24(35)31-18-7-8-18)32-23(34)21(14-39(36,37)13-16-4-3-11-29-12-16)30-15-25(27,28)38-19-9-5-17(26)6-10-19/h3-6,9-12,18,20-21,30H,2,7-8,13-15H2,1H3,(H,31,35)(H,32,34)/t20-,21-/m0/s1. The highest BCUT2D eigenvalue weighted by molar-refractivity contribution is 7.90. The first-order valence-corrected chi connectivity index (χ1v) is 14.0. The quantitative estimate of drug-likeness (QED) is 0.274. The van der Waals surface area contributed by atoms with Crippen LogP contribution in [0.4, 0.5) is 13.2 Å². The summed E-state index contributed by atoms with van der Waals surface area (Å²) in [5, 5.41) is 7.02. The van der Waals surface area contributed by atoms with Crippen molar-refractivity contribution in [2.75, 3.05) is 12.3 Å². The van der Waals surface area contributed by atoms with Crippen LogP contribution >= 0.6 is 0 Å². The van der Waals surface area contributed by atoms with Gasteiger partial charge in [-0.25, -0.2) is 12.8 Å². The summed E-state index contributed by atoms with van der Waals surface area (Å²) in [6.07, 6.45) is 0.303. The van der Waals surface area contributed by atoms with Crippen molar-refractivity contribution in [2.45, 2.75) is 56.2 Å². The molecule has 1 aromatic carbocycles. The Balaban J connectivity index is 1.72. The third-order valence-electron chi connectivity index (χ3n) is 5.66. The van der Waals surface area contributed by atoms with Crippen molar-refractivity contribution in [3.05, 3.63) is 60.2 Å². The molecule has 1 aliphatic rings. The monoisotopic (exact) mass is 570 g/mol. The molecule has 14 heteroatoms. The van der Waals surface area contributed by atoms with Gasteiger partial charge in [0.15, 0.2) is 9.84 Å². The highest BCUT2D eigenvalue weighted by Gasteiger charge is 2.37. The second-order valence-electron chi connectivity index (χ2n) is 9.12. The average molecular weight is 571 g/mol. The molecular formula is C25H29F3N4O6S. The van der Waals surface area contributed by atoms with E-state index in [2.05, 4.69) is 25.7 Å². The van der Waals surface area contributed by atoms with Crippen molar-refractivity contribution in [1.29, 1.82) is 0 Å². The molecule has 3 N–H and O–H groups in total. The number of alkyl halides is 2. The molecule has 2 atom stereocenters. The zero-order valence-electron chi connectivity index (χ0n) is 21.0. The summed E-state index contributed by atoms with van der Waals surface area (Å²) in [6.45, 7) is 0.233. The molecule has 39 heavy (non-hydrogen) atoms. The van der Waals surface area contributed by atoms with E-state index in [1.165, 1.54) is 31.5 Å². The minimum atomic E-state index is -4.05. The van der Waals surface area contributed by atoms with Crippen LogP contribution in [0.2, 0.25) is 0 Å². The first kappa shape index (κ1) is 30.0. The van der Waals surface area contributed by atoms with E-state index in [0.717, 1.165) is 37.1 Å². The number of carbonyl (C=O) groups excluding carboxylic acids is 3. The molecule has 0 unspecified atom stereocenters. The molecule has 212 valence electrons. The predicted molar refractivity (Wildman–Crippen MR) is 134 cm³/mol. The molecule has 0 spiro atoms. The Morgan fingerprint density at radius 1 is 1.13 bits per heavy atom. The van der Waals surface area contributed by atoms with Crippen LogP contribution in [0, 0.1) is 5.82 Å². The summed E-state index contributed by atoms with van der Waals surface area (Å²) in [7, 11) is -4.05. The van der Waals surface area contributed by atoms with Crippen molar-refractivity contribution in [2.24, 2.45) is 0 Å². The lowest BCUT2D eigenvalue weighted by Gasteiger charge is -2.24. The lowest BCUT2D eigenvalue weighted by atomic mass is 10.1. The van der Waals surface area contributed by atoms with Crippen LogP contribution in [0.5, 0.6) is 5.75 Å². The van der Waals surface area contributed by atoms with Gasteiger partial charge in [0.25, 0.3) is 5.91 Å². The minimum Gasteiger partial charge on any atom is -0.432 e. The van der Waals surface area contributed by atoms with Crippen molar-refractivity contribution in [3.63, 3.8) is 0 Å². The predicted octanol–water partition coefficient (Wildman–Crippen LogP) is 1.51. The molecule has 1 fully saturated rings. The van der Waals surface area contributed by atoms with Crippen LogP contribution in [0.1, 0.15) is 31.7 Å². The van der Waals surface area contributed by atoms with Crippen molar-refractivity contribution in [1.82, 2.24) is 20.9 Å². The Morgan fingerprint density at radius 3 is 2.41 bits per heavy atom. The first-order chi connectivity index (χ1) is 18.4. The average Bonchev–Trinajstić information content (AvgIpc) is 3.70. The normalized spacial score (nSPS) is 15.2. The number of pyridine rings is 1. The maximum absolute atomic E-state index is 14.5. The largest absolute Gasteiger partial charge is 0.432 e. The minimum absolute atomic E-state index is 0.00164. The molecule has 1 heterocycles. The van der Waals surface area contributed by atoms with Crippen LogP contribution in [0.15, 0.2) is 48.8 Å². The summed E-state index contributed by atoms with van der Waals surface area (Å²) in [5.74, 6) is -5.33. The van der Waals surface area contributed by atoms with E-state index in [1.54, 1.807) is 0 Å². The third-order valence-corrected chi connectivity index (χ3v) is 7.27. The van der Waals surface area contributed by atoms with Crippen molar-refractivity contribution < 1.29 is 40.7 Å². The summed E-state index contributed by atoms with van der Waals surface area (Å²) in [6, 6.07) is 3.69. The summed E-state index contributed by atoms with van der Waals surface area (Å²) in [4.78, 5) is 41.6. The Morgan fingerprint density at radius 2 is 1.82 bits per heavy atom. The van der Waals surface area contributed by atoms with Crippen molar-refractivity contribution >= 4 is 27.4 Å². The van der Waals surface area contributed by atoms with Crippen LogP contribution < -0.4 is 20.7 Å². The lowest BCUT2D eigenvalue weighted by Crippen LogP contribution is -2.56. The molecule has 1 aromatic heterocycles. The number of carbonyl (C=O) groups is 3. The first-order valence-electron chi connectivity index (χ1n) is 12.2. The van der Waals surface area contributed by atoms with E-state index >= 15 is 0 Å². The Hall–Kier alpha value is -3.52. The molecule has 2 aromatic rings. The number of sulfone groups is 1. The second kappa shape index (κ2) is 13.0. The lowest BCUT2D eigenvalue weighted by molar-refractivity contribution is -0.172. The van der Waals surface area contributed by atoms with Gasteiger partial charge in [-0.1, -0.05) is 13.0 Å². The molecule has 10 nitrogen and oxygen atoms in total. The molecule has 0 saturated heterocycles. The van der Waals surface area contributed by atoms with Gasteiger partial charge in [-0.2, -0.15) is 8.78 Å². The molecule has 0 aliphatic heterocycles. The van der Waals surface area contributed by atoms with E-state index in [4.69, 9.17) is 0 Å². The van der Waals surface area contributed by atoms with Crippen LogP contribution in [0.25, 0.3) is 0 Å². The van der Waals surface area contributed by atoms with Gasteiger partial charge in [0.2, 0.25) is 11.7 Å². The number of hydrogen-bond acceptors (Lipinski definition) is 8. The topological polar surface area (TPSA) is 144 Å². The molecule has 1 saturated carbocycles. The summed E-state index contributed by atoms with van der Waals surface area (Å²) >= 11 is 0.